The number of amides is 2. The van der Waals surface area contributed by atoms with Crippen molar-refractivity contribution in [3.05, 3.63) is 88.4 Å². The highest BCUT2D eigenvalue weighted by molar-refractivity contribution is 6.30. The molecule has 2 unspecified atom stereocenters. The van der Waals surface area contributed by atoms with Gasteiger partial charge in [0.15, 0.2) is 11.5 Å². The molecule has 2 heterocycles. The Labute approximate surface area is 327 Å². The number of nitrogens with zero attached hydrogens (tertiary/aromatic N) is 3. The maximum absolute atomic E-state index is 14.4. The first-order valence-electron chi connectivity index (χ1n) is 17.8. The van der Waals surface area contributed by atoms with E-state index < -0.39 is 12.2 Å². The number of benzene rings is 3. The van der Waals surface area contributed by atoms with E-state index in [2.05, 4.69) is 68.4 Å². The van der Waals surface area contributed by atoms with Gasteiger partial charge in [0.1, 0.15) is 12.2 Å². The van der Waals surface area contributed by atoms with E-state index in [0.29, 0.717) is 54.0 Å². The number of para-hydroxylation sites is 1. The highest BCUT2D eigenvalue weighted by atomic mass is 35.5. The predicted molar refractivity (Wildman–Crippen MR) is 214 cm³/mol. The summed E-state index contributed by atoms with van der Waals surface area (Å²) in [6, 6.07) is 21.8. The fourth-order valence-electron chi connectivity index (χ4n) is 6.68. The van der Waals surface area contributed by atoms with E-state index in [-0.39, 0.29) is 48.5 Å². The SMILES string of the molecule is COc1c(OCCCN(C)CCCc2ccccc2)cccc1C1OC(CC(=O)N2CCNCC2)C(=O)N(CC(C)(C)C)c2ccc(Cl)cc21.Cl.Cl. The van der Waals surface area contributed by atoms with E-state index in [0.717, 1.165) is 51.0 Å². The number of halogens is 3. The fraction of sp³-hybridized carbons (Fsp3) is 0.500. The van der Waals surface area contributed by atoms with Crippen molar-refractivity contribution in [2.75, 3.05) is 71.5 Å². The Bertz CT molecular complexity index is 1580. The monoisotopic (exact) mass is 776 g/mol. The van der Waals surface area contributed by atoms with Crippen molar-refractivity contribution in [1.82, 2.24) is 15.1 Å². The second-order valence-electron chi connectivity index (χ2n) is 14.5. The predicted octanol–water partition coefficient (Wildman–Crippen LogP) is 7.21. The molecule has 0 aliphatic carbocycles. The van der Waals surface area contributed by atoms with Crippen LogP contribution < -0.4 is 19.7 Å². The largest absolute Gasteiger partial charge is 0.492 e. The Hall–Kier alpha value is -3.05. The minimum Gasteiger partial charge on any atom is -0.492 e. The minimum atomic E-state index is -1.01. The van der Waals surface area contributed by atoms with Crippen molar-refractivity contribution in [2.24, 2.45) is 5.41 Å². The summed E-state index contributed by atoms with van der Waals surface area (Å²) >= 11 is 6.61. The number of aryl methyl sites for hydroxylation is 1. The van der Waals surface area contributed by atoms with Crippen LogP contribution in [0, 0.1) is 5.41 Å². The maximum atomic E-state index is 14.4. The summed E-state index contributed by atoms with van der Waals surface area (Å²) in [5.41, 5.74) is 3.29. The summed E-state index contributed by atoms with van der Waals surface area (Å²) in [4.78, 5) is 33.8. The molecule has 3 aromatic carbocycles. The van der Waals surface area contributed by atoms with Crippen LogP contribution in [0.4, 0.5) is 5.69 Å². The Morgan fingerprint density at radius 2 is 1.69 bits per heavy atom. The minimum absolute atomic E-state index is 0. The van der Waals surface area contributed by atoms with Crippen LogP contribution in [0.3, 0.4) is 0 Å². The van der Waals surface area contributed by atoms with Crippen molar-refractivity contribution in [3.63, 3.8) is 0 Å². The van der Waals surface area contributed by atoms with Gasteiger partial charge >= 0.3 is 0 Å². The summed E-state index contributed by atoms with van der Waals surface area (Å²) in [6.45, 7) is 11.8. The Balaban J connectivity index is 0.00000364. The third-order valence-electron chi connectivity index (χ3n) is 9.15. The molecule has 3 aromatic rings. The van der Waals surface area contributed by atoms with Crippen molar-refractivity contribution in [1.29, 1.82) is 0 Å². The van der Waals surface area contributed by atoms with Crippen molar-refractivity contribution in [2.45, 2.75) is 58.7 Å². The summed E-state index contributed by atoms with van der Waals surface area (Å²) in [6.07, 6.45) is 1.19. The molecular weight excluding hydrogens is 723 g/mol. The lowest BCUT2D eigenvalue weighted by Crippen LogP contribution is -2.49. The van der Waals surface area contributed by atoms with Gasteiger partial charge in [-0.1, -0.05) is 74.8 Å². The third kappa shape index (κ3) is 11.7. The summed E-state index contributed by atoms with van der Waals surface area (Å²) < 4.78 is 19.1. The third-order valence-corrected chi connectivity index (χ3v) is 9.39. The average Bonchev–Trinajstić information content (AvgIpc) is 3.20. The zero-order valence-corrected chi connectivity index (χ0v) is 33.5. The van der Waals surface area contributed by atoms with Gasteiger partial charge in [0, 0.05) is 61.1 Å². The summed E-state index contributed by atoms with van der Waals surface area (Å²) in [5.74, 6) is 0.786. The number of carbonyl (C=O) groups is 2. The van der Waals surface area contributed by atoms with Crippen molar-refractivity contribution in [3.8, 4) is 11.5 Å². The molecule has 0 spiro atoms. The molecule has 1 saturated heterocycles. The number of nitrogens with one attached hydrogen (secondary N) is 1. The topological polar surface area (TPSA) is 83.6 Å². The summed E-state index contributed by atoms with van der Waals surface area (Å²) in [7, 11) is 3.76. The lowest BCUT2D eigenvalue weighted by Gasteiger charge is -2.32. The van der Waals surface area contributed by atoms with Gasteiger partial charge in [-0.3, -0.25) is 9.59 Å². The van der Waals surface area contributed by atoms with Crippen LogP contribution in [-0.2, 0) is 20.7 Å². The zero-order chi connectivity index (χ0) is 35.7. The summed E-state index contributed by atoms with van der Waals surface area (Å²) in [5, 5.41) is 3.81. The van der Waals surface area contributed by atoms with E-state index >= 15 is 0 Å². The average molecular weight is 778 g/mol. The molecule has 1 N–H and O–H groups in total. The lowest BCUT2D eigenvalue weighted by molar-refractivity contribution is -0.143. The second kappa shape index (κ2) is 20.4. The van der Waals surface area contributed by atoms with Crippen LogP contribution in [-0.4, -0.2) is 94.3 Å². The number of fused-ring (bicyclic) bond motifs is 1. The van der Waals surface area contributed by atoms with Gasteiger partial charge < -0.3 is 34.2 Å². The number of anilines is 1. The normalized spacial score (nSPS) is 17.5. The van der Waals surface area contributed by atoms with E-state index in [4.69, 9.17) is 25.8 Å². The first-order chi connectivity index (χ1) is 24.0. The van der Waals surface area contributed by atoms with Gasteiger partial charge in [0.2, 0.25) is 5.91 Å². The molecule has 2 amide bonds. The fourth-order valence-corrected chi connectivity index (χ4v) is 6.86. The molecule has 0 saturated carbocycles. The van der Waals surface area contributed by atoms with Crippen molar-refractivity contribution < 1.29 is 23.8 Å². The Morgan fingerprint density at radius 1 is 0.981 bits per heavy atom. The molecule has 2 aliphatic rings. The first-order valence-corrected chi connectivity index (χ1v) is 18.2. The molecule has 286 valence electrons. The quantitative estimate of drug-likeness (QED) is 0.173. The molecule has 2 aliphatic heterocycles. The molecule has 1 fully saturated rings. The molecule has 0 aromatic heterocycles. The number of rotatable bonds is 14. The van der Waals surface area contributed by atoms with E-state index in [1.807, 2.05) is 30.3 Å². The molecule has 52 heavy (non-hydrogen) atoms. The Kier molecular flexibility index (Phi) is 17.0. The number of methoxy groups -OCH3 is 1. The number of hydrogen-bond donors (Lipinski definition) is 1. The number of piperazine rings is 1. The molecule has 12 heteroatoms. The van der Waals surface area contributed by atoms with Gasteiger partial charge in [0.05, 0.1) is 20.1 Å². The van der Waals surface area contributed by atoms with Crippen LogP contribution in [0.15, 0.2) is 66.7 Å². The van der Waals surface area contributed by atoms with Crippen LogP contribution in [0.5, 0.6) is 11.5 Å². The van der Waals surface area contributed by atoms with E-state index in [9.17, 15) is 9.59 Å². The lowest BCUT2D eigenvalue weighted by atomic mass is 9.94. The van der Waals surface area contributed by atoms with Crippen LogP contribution in [0.1, 0.15) is 62.8 Å². The maximum Gasteiger partial charge on any atom is 0.256 e. The van der Waals surface area contributed by atoms with Crippen molar-refractivity contribution >= 4 is 53.9 Å². The number of hydrogen-bond acceptors (Lipinski definition) is 7. The van der Waals surface area contributed by atoms with Crippen LogP contribution in [0.2, 0.25) is 5.02 Å². The zero-order valence-electron chi connectivity index (χ0n) is 31.1. The molecule has 0 bridgehead atoms. The van der Waals surface area contributed by atoms with E-state index in [1.54, 1.807) is 23.0 Å². The number of carbonyl (C=O) groups excluding carboxylic acids is 2. The second-order valence-corrected chi connectivity index (χ2v) is 14.9. The van der Waals surface area contributed by atoms with Gasteiger partial charge in [-0.05, 0) is 68.1 Å². The molecule has 0 radical (unpaired) electrons. The highest BCUT2D eigenvalue weighted by Crippen LogP contribution is 2.45. The highest BCUT2D eigenvalue weighted by Gasteiger charge is 2.40. The first kappa shape index (κ1) is 43.4. The van der Waals surface area contributed by atoms with Gasteiger partial charge in [-0.15, -0.1) is 24.8 Å². The van der Waals surface area contributed by atoms with Crippen LogP contribution in [0.25, 0.3) is 0 Å². The van der Waals surface area contributed by atoms with Gasteiger partial charge in [-0.2, -0.15) is 0 Å². The van der Waals surface area contributed by atoms with Gasteiger partial charge in [0.25, 0.3) is 5.91 Å². The van der Waals surface area contributed by atoms with Crippen LogP contribution >= 0.6 is 36.4 Å². The molecule has 5 rings (SSSR count). The van der Waals surface area contributed by atoms with E-state index in [1.165, 1.54) is 5.56 Å². The van der Waals surface area contributed by atoms with Gasteiger partial charge in [-0.25, -0.2) is 0 Å². The molecule has 9 nitrogen and oxygen atoms in total. The molecular formula is C40H55Cl3N4O5. The molecule has 2 atom stereocenters. The smallest absolute Gasteiger partial charge is 0.256 e. The Morgan fingerprint density at radius 3 is 2.38 bits per heavy atom. The standard InChI is InChI=1S/C40H53ClN4O5.2ClH/c1-40(2,3)28-45-33-18-17-30(41)26-32(33)37(50-35(39(45)47)27-36(46)44-23-19-42-20-24-44)31-15-9-16-34(38(31)48-5)49-25-11-22-43(4)21-10-14-29-12-7-6-8-13-29;;/h6-9,12-13,15-18,26,35,37,42H,10-11,14,19-25,27-28H2,1-5H3;2*1H. The number of ether oxygens (including phenoxy) is 3.